The van der Waals surface area contributed by atoms with Crippen LogP contribution in [0.4, 0.5) is 0 Å². The highest BCUT2D eigenvalue weighted by atomic mass is 16.5. The Balaban J connectivity index is 1.63. The van der Waals surface area contributed by atoms with Crippen LogP contribution in [0.25, 0.3) is 0 Å². The van der Waals surface area contributed by atoms with Gasteiger partial charge in [0.2, 0.25) is 0 Å². The van der Waals surface area contributed by atoms with Crippen molar-refractivity contribution >= 4 is 11.9 Å². The number of carbonyl (C=O) groups excluding carboxylic acids is 2. The Bertz CT molecular complexity index is 696. The Morgan fingerprint density at radius 1 is 0.654 bits per heavy atom. The van der Waals surface area contributed by atoms with Crippen LogP contribution in [0.15, 0.2) is 85.3 Å². The van der Waals surface area contributed by atoms with Crippen LogP contribution in [0.2, 0.25) is 0 Å². The lowest BCUT2D eigenvalue weighted by molar-refractivity contribution is 0.0598. The zero-order valence-corrected chi connectivity index (χ0v) is 14.6. The van der Waals surface area contributed by atoms with Gasteiger partial charge in [-0.1, -0.05) is 49.6 Å². The van der Waals surface area contributed by atoms with Gasteiger partial charge in [-0.3, -0.25) is 0 Å². The summed E-state index contributed by atoms with van der Waals surface area (Å²) in [5.41, 5.74) is 0.990. The first kappa shape index (κ1) is 19.2. The molecule has 0 saturated heterocycles. The number of allylic oxidation sites excluding steroid dienone is 2. The van der Waals surface area contributed by atoms with E-state index in [9.17, 15) is 9.59 Å². The van der Waals surface area contributed by atoms with Crippen molar-refractivity contribution in [3.05, 3.63) is 96.5 Å². The summed E-state index contributed by atoms with van der Waals surface area (Å²) in [5, 5.41) is 0. The van der Waals surface area contributed by atoms with Crippen molar-refractivity contribution in [3.63, 3.8) is 0 Å². The third kappa shape index (κ3) is 6.40. The Morgan fingerprint density at radius 3 is 1.35 bits per heavy atom. The monoisotopic (exact) mass is 350 g/mol. The van der Waals surface area contributed by atoms with Gasteiger partial charge in [0.15, 0.2) is 0 Å². The first-order chi connectivity index (χ1) is 12.6. The van der Waals surface area contributed by atoms with E-state index in [1.54, 1.807) is 48.5 Å². The third-order valence-corrected chi connectivity index (χ3v) is 3.65. The number of hydrogen-bond acceptors (Lipinski definition) is 4. The van der Waals surface area contributed by atoms with Crippen LogP contribution in [-0.2, 0) is 9.47 Å². The largest absolute Gasteiger partial charge is 0.428 e. The summed E-state index contributed by atoms with van der Waals surface area (Å²) in [5.74, 6) is 0.0325. The maximum atomic E-state index is 11.9. The average molecular weight is 350 g/mol. The van der Waals surface area contributed by atoms with Crippen molar-refractivity contribution in [2.75, 3.05) is 0 Å². The van der Waals surface area contributed by atoms with E-state index < -0.39 is 11.9 Å². The number of carbonyl (C=O) groups is 2. The molecular formula is C22H22O4. The molecule has 0 fully saturated rings. The van der Waals surface area contributed by atoms with Crippen LogP contribution < -0.4 is 0 Å². The fourth-order valence-corrected chi connectivity index (χ4v) is 2.27. The molecule has 0 amide bonds. The maximum Gasteiger partial charge on any atom is 0.343 e. The quantitative estimate of drug-likeness (QED) is 0.350. The second kappa shape index (κ2) is 9.99. The van der Waals surface area contributed by atoms with Gasteiger partial charge in [0, 0.05) is 12.8 Å². The summed E-state index contributed by atoms with van der Waals surface area (Å²) < 4.78 is 10.4. The van der Waals surface area contributed by atoms with E-state index in [0.29, 0.717) is 35.5 Å². The van der Waals surface area contributed by atoms with E-state index in [0.717, 1.165) is 12.8 Å². The highest BCUT2D eigenvalue weighted by molar-refractivity contribution is 5.90. The number of esters is 2. The lowest BCUT2D eigenvalue weighted by atomic mass is 10.1. The van der Waals surface area contributed by atoms with Crippen molar-refractivity contribution in [2.24, 2.45) is 0 Å². The Labute approximate surface area is 153 Å². The molecule has 0 bridgehead atoms. The Hall–Kier alpha value is -3.14. The molecule has 2 aromatic rings. The van der Waals surface area contributed by atoms with Crippen molar-refractivity contribution in [2.45, 2.75) is 25.7 Å². The van der Waals surface area contributed by atoms with Crippen molar-refractivity contribution < 1.29 is 19.1 Å². The topological polar surface area (TPSA) is 52.6 Å². The molecule has 0 aliphatic carbocycles. The fraction of sp³-hybridized carbons (Fsp3) is 0.182. The van der Waals surface area contributed by atoms with Gasteiger partial charge in [-0.25, -0.2) is 9.59 Å². The van der Waals surface area contributed by atoms with E-state index in [2.05, 4.69) is 13.2 Å². The number of unbranched alkanes of at least 4 members (excludes halogenated alkanes) is 1. The predicted octanol–water partition coefficient (Wildman–Crippen LogP) is 5.29. The van der Waals surface area contributed by atoms with Crippen LogP contribution in [0, 0.1) is 0 Å². The van der Waals surface area contributed by atoms with Gasteiger partial charge in [-0.15, -0.1) is 0 Å². The normalized spacial score (nSPS) is 10.0. The minimum atomic E-state index is -0.406. The zero-order chi connectivity index (χ0) is 18.8. The highest BCUT2D eigenvalue weighted by Gasteiger charge is 2.10. The number of hydrogen-bond donors (Lipinski definition) is 0. The van der Waals surface area contributed by atoms with Crippen LogP contribution >= 0.6 is 0 Å². The standard InChI is InChI=1S/C22H22O4/c1-17(25-21(23)19-13-5-3-6-14-19)11-9-10-12-18(2)26-22(24)20-15-7-4-8-16-20/h3-8,13-16H,1-2,9-12H2. The SMILES string of the molecule is C=C(CCCCC(=C)OC(=O)c1ccccc1)OC(=O)c1ccccc1. The fourth-order valence-electron chi connectivity index (χ4n) is 2.27. The molecule has 2 aromatic carbocycles. The molecule has 0 saturated carbocycles. The lowest BCUT2D eigenvalue weighted by Crippen LogP contribution is -2.05. The van der Waals surface area contributed by atoms with Gasteiger partial charge in [-0.05, 0) is 37.1 Å². The number of rotatable bonds is 9. The van der Waals surface area contributed by atoms with Crippen LogP contribution in [0.5, 0.6) is 0 Å². The van der Waals surface area contributed by atoms with E-state index in [4.69, 9.17) is 9.47 Å². The average Bonchev–Trinajstić information content (AvgIpc) is 2.66. The van der Waals surface area contributed by atoms with Crippen LogP contribution in [0.3, 0.4) is 0 Å². The molecule has 0 heterocycles. The van der Waals surface area contributed by atoms with Gasteiger partial charge >= 0.3 is 11.9 Å². The summed E-state index contributed by atoms with van der Waals surface area (Å²) in [7, 11) is 0. The summed E-state index contributed by atoms with van der Waals surface area (Å²) in [6.45, 7) is 7.55. The molecule has 4 nitrogen and oxygen atoms in total. The van der Waals surface area contributed by atoms with E-state index >= 15 is 0 Å². The van der Waals surface area contributed by atoms with Crippen molar-refractivity contribution in [1.82, 2.24) is 0 Å². The molecule has 0 aromatic heterocycles. The van der Waals surface area contributed by atoms with Crippen molar-refractivity contribution in [3.8, 4) is 0 Å². The van der Waals surface area contributed by atoms with Gasteiger partial charge in [0.05, 0.1) is 11.1 Å². The number of benzene rings is 2. The smallest absolute Gasteiger partial charge is 0.343 e. The second-order valence-corrected chi connectivity index (χ2v) is 5.80. The molecule has 0 N–H and O–H groups in total. The molecule has 134 valence electrons. The third-order valence-electron chi connectivity index (χ3n) is 3.65. The molecule has 0 aliphatic heterocycles. The lowest BCUT2D eigenvalue weighted by Gasteiger charge is -2.09. The molecule has 0 atom stereocenters. The summed E-state index contributed by atoms with van der Waals surface area (Å²) in [6, 6.07) is 17.6. The first-order valence-corrected chi connectivity index (χ1v) is 8.46. The second-order valence-electron chi connectivity index (χ2n) is 5.80. The molecule has 0 unspecified atom stereocenters. The predicted molar refractivity (Wildman–Crippen MR) is 100 cm³/mol. The molecule has 26 heavy (non-hydrogen) atoms. The Morgan fingerprint density at radius 2 is 1.00 bits per heavy atom. The van der Waals surface area contributed by atoms with Crippen molar-refractivity contribution in [1.29, 1.82) is 0 Å². The van der Waals surface area contributed by atoms with E-state index in [-0.39, 0.29) is 0 Å². The van der Waals surface area contributed by atoms with Gasteiger partial charge < -0.3 is 9.47 Å². The summed E-state index contributed by atoms with van der Waals surface area (Å²) in [6.07, 6.45) is 2.61. The molecule has 0 spiro atoms. The van der Waals surface area contributed by atoms with Crippen LogP contribution in [-0.4, -0.2) is 11.9 Å². The molecular weight excluding hydrogens is 328 g/mol. The number of ether oxygens (including phenoxy) is 2. The zero-order valence-electron chi connectivity index (χ0n) is 14.6. The minimum Gasteiger partial charge on any atom is -0.428 e. The van der Waals surface area contributed by atoms with Crippen LogP contribution in [0.1, 0.15) is 46.4 Å². The molecule has 0 radical (unpaired) electrons. The highest BCUT2D eigenvalue weighted by Crippen LogP contribution is 2.15. The van der Waals surface area contributed by atoms with E-state index in [1.807, 2.05) is 12.1 Å². The Kier molecular flexibility index (Phi) is 7.37. The van der Waals surface area contributed by atoms with Gasteiger partial charge in [-0.2, -0.15) is 0 Å². The molecule has 4 heteroatoms. The summed E-state index contributed by atoms with van der Waals surface area (Å²) in [4.78, 5) is 23.8. The van der Waals surface area contributed by atoms with Gasteiger partial charge in [0.1, 0.15) is 11.5 Å². The minimum absolute atomic E-state index is 0.406. The van der Waals surface area contributed by atoms with Gasteiger partial charge in [0.25, 0.3) is 0 Å². The maximum absolute atomic E-state index is 11.9. The summed E-state index contributed by atoms with van der Waals surface area (Å²) >= 11 is 0. The molecule has 0 aliphatic rings. The molecule has 2 rings (SSSR count). The van der Waals surface area contributed by atoms with E-state index in [1.165, 1.54) is 0 Å². The first-order valence-electron chi connectivity index (χ1n) is 8.46.